The molecule has 0 saturated heterocycles. The molecule has 0 spiro atoms. The number of hydrogen-bond acceptors (Lipinski definition) is 6. The van der Waals surface area contributed by atoms with E-state index >= 15 is 0 Å². The molecular formula is C18H20N2O3S2. The fourth-order valence-corrected chi connectivity index (χ4v) is 4.38. The predicted octanol–water partition coefficient (Wildman–Crippen LogP) is 3.65. The third-order valence-electron chi connectivity index (χ3n) is 4.02. The summed E-state index contributed by atoms with van der Waals surface area (Å²) in [5, 5.41) is 4.90. The minimum absolute atomic E-state index is 0.229. The highest BCUT2D eigenvalue weighted by atomic mass is 32.2. The van der Waals surface area contributed by atoms with Crippen molar-refractivity contribution in [1.82, 2.24) is 10.3 Å². The Morgan fingerprint density at radius 3 is 2.84 bits per heavy atom. The van der Waals surface area contributed by atoms with Crippen LogP contribution in [0.1, 0.15) is 41.7 Å². The summed E-state index contributed by atoms with van der Waals surface area (Å²) in [6, 6.07) is 7.51. The second-order valence-corrected chi connectivity index (χ2v) is 7.63. The lowest BCUT2D eigenvalue weighted by Crippen LogP contribution is -2.35. The number of benzene rings is 1. The van der Waals surface area contributed by atoms with Crippen LogP contribution in [0.5, 0.6) is 0 Å². The van der Waals surface area contributed by atoms with Crippen LogP contribution < -0.4 is 5.32 Å². The first-order valence-corrected chi connectivity index (χ1v) is 10.2. The first-order chi connectivity index (χ1) is 12.2. The van der Waals surface area contributed by atoms with E-state index in [1.807, 2.05) is 17.5 Å². The van der Waals surface area contributed by atoms with Crippen LogP contribution in [0.2, 0.25) is 0 Å². The van der Waals surface area contributed by atoms with Gasteiger partial charge in [-0.05, 0) is 25.0 Å². The third-order valence-corrected chi connectivity index (χ3v) is 5.76. The Balaban J connectivity index is 1.53. The molecule has 0 radical (unpaired) electrons. The van der Waals surface area contributed by atoms with Crippen molar-refractivity contribution >= 4 is 35.0 Å². The van der Waals surface area contributed by atoms with Gasteiger partial charge in [0.05, 0.1) is 16.8 Å². The number of thiazole rings is 1. The van der Waals surface area contributed by atoms with E-state index in [2.05, 4.69) is 10.3 Å². The zero-order chi connectivity index (χ0) is 17.5. The number of nitrogens with one attached hydrogen (secondary N) is 1. The van der Waals surface area contributed by atoms with Gasteiger partial charge in [0.15, 0.2) is 6.61 Å². The Morgan fingerprint density at radius 2 is 2.08 bits per heavy atom. The van der Waals surface area contributed by atoms with Crippen molar-refractivity contribution in [3.8, 4) is 0 Å². The van der Waals surface area contributed by atoms with E-state index < -0.39 is 5.97 Å². The highest BCUT2D eigenvalue weighted by molar-refractivity contribution is 7.98. The van der Waals surface area contributed by atoms with E-state index in [0.29, 0.717) is 11.3 Å². The van der Waals surface area contributed by atoms with Crippen LogP contribution in [0.15, 0.2) is 40.1 Å². The molecular weight excluding hydrogens is 356 g/mol. The summed E-state index contributed by atoms with van der Waals surface area (Å²) in [5.41, 5.74) is 3.25. The number of hydrogen-bond donors (Lipinski definition) is 1. The van der Waals surface area contributed by atoms with Gasteiger partial charge in [-0.2, -0.15) is 0 Å². The predicted molar refractivity (Wildman–Crippen MR) is 98.8 cm³/mol. The second kappa shape index (κ2) is 9.01. The van der Waals surface area contributed by atoms with Gasteiger partial charge in [-0.1, -0.05) is 25.0 Å². The standard InChI is InChI=1S/C18H20N2O3S2/c21-17(20-13-5-1-2-6-13)9-23-18(22)15-7-3-4-8-16(15)25-11-14-10-24-12-19-14/h3-4,7-8,10,12-13H,1-2,5-6,9,11H2,(H,20,21). The molecule has 7 heteroatoms. The van der Waals surface area contributed by atoms with Crippen molar-refractivity contribution in [1.29, 1.82) is 0 Å². The van der Waals surface area contributed by atoms with Crippen molar-refractivity contribution in [3.05, 3.63) is 46.4 Å². The summed E-state index contributed by atoms with van der Waals surface area (Å²) < 4.78 is 5.20. The van der Waals surface area contributed by atoms with Crippen LogP contribution in [0.3, 0.4) is 0 Å². The van der Waals surface area contributed by atoms with E-state index in [1.54, 1.807) is 29.0 Å². The number of thioether (sulfide) groups is 1. The monoisotopic (exact) mass is 376 g/mol. The lowest BCUT2D eigenvalue weighted by atomic mass is 10.2. The Hall–Kier alpha value is -1.86. The molecule has 0 bridgehead atoms. The number of carbonyl (C=O) groups excluding carboxylic acids is 2. The maximum Gasteiger partial charge on any atom is 0.339 e. The van der Waals surface area contributed by atoms with Crippen LogP contribution >= 0.6 is 23.1 Å². The topological polar surface area (TPSA) is 68.3 Å². The summed E-state index contributed by atoms with van der Waals surface area (Å²) in [5.74, 6) is -0.00789. The van der Waals surface area contributed by atoms with Crippen LogP contribution in [-0.2, 0) is 15.3 Å². The summed E-state index contributed by atoms with van der Waals surface area (Å²) in [7, 11) is 0. The van der Waals surface area contributed by atoms with Crippen LogP contribution in [0, 0.1) is 0 Å². The molecule has 1 aromatic carbocycles. The maximum atomic E-state index is 12.3. The number of aromatic nitrogens is 1. The Kier molecular flexibility index (Phi) is 6.47. The minimum atomic E-state index is -0.469. The number of esters is 1. The largest absolute Gasteiger partial charge is 0.452 e. The average Bonchev–Trinajstić information content (AvgIpc) is 3.32. The Bertz CT molecular complexity index is 713. The molecule has 1 amide bonds. The zero-order valence-electron chi connectivity index (χ0n) is 13.8. The van der Waals surface area contributed by atoms with Gasteiger partial charge in [-0.3, -0.25) is 4.79 Å². The number of nitrogens with zero attached hydrogens (tertiary/aromatic N) is 1. The molecule has 0 atom stereocenters. The number of rotatable bonds is 7. The van der Waals surface area contributed by atoms with E-state index in [0.717, 1.165) is 36.3 Å². The summed E-state index contributed by atoms with van der Waals surface area (Å²) >= 11 is 3.09. The fourth-order valence-electron chi connectivity index (χ4n) is 2.77. The van der Waals surface area contributed by atoms with Gasteiger partial charge in [0.25, 0.3) is 5.91 Å². The van der Waals surface area contributed by atoms with E-state index in [4.69, 9.17) is 4.74 Å². The van der Waals surface area contributed by atoms with Gasteiger partial charge in [0, 0.05) is 22.1 Å². The summed E-state index contributed by atoms with van der Waals surface area (Å²) in [4.78, 5) is 29.3. The van der Waals surface area contributed by atoms with E-state index in [9.17, 15) is 9.59 Å². The molecule has 132 valence electrons. The molecule has 5 nitrogen and oxygen atoms in total. The van der Waals surface area contributed by atoms with Gasteiger partial charge >= 0.3 is 5.97 Å². The average molecular weight is 377 g/mol. The normalized spacial score (nSPS) is 14.4. The highest BCUT2D eigenvalue weighted by Gasteiger charge is 2.19. The second-order valence-electron chi connectivity index (χ2n) is 5.89. The molecule has 25 heavy (non-hydrogen) atoms. The summed E-state index contributed by atoms with van der Waals surface area (Å²) in [6.45, 7) is -0.236. The van der Waals surface area contributed by atoms with Gasteiger partial charge < -0.3 is 10.1 Å². The molecule has 1 aromatic heterocycles. The van der Waals surface area contributed by atoms with E-state index in [-0.39, 0.29) is 18.6 Å². The van der Waals surface area contributed by atoms with Gasteiger partial charge in [-0.25, -0.2) is 9.78 Å². The lowest BCUT2D eigenvalue weighted by Gasteiger charge is -2.12. The molecule has 3 rings (SSSR count). The minimum Gasteiger partial charge on any atom is -0.452 e. The first-order valence-electron chi connectivity index (χ1n) is 8.28. The lowest BCUT2D eigenvalue weighted by molar-refractivity contribution is -0.124. The SMILES string of the molecule is O=C(COC(=O)c1ccccc1SCc1cscn1)NC1CCCC1. The first kappa shape index (κ1) is 17.9. The molecule has 1 saturated carbocycles. The van der Waals surface area contributed by atoms with E-state index in [1.165, 1.54) is 11.8 Å². The molecule has 0 unspecified atom stereocenters. The van der Waals surface area contributed by atoms with Crippen LogP contribution in [0.25, 0.3) is 0 Å². The number of carbonyl (C=O) groups is 2. The van der Waals surface area contributed by atoms with Gasteiger partial charge in [-0.15, -0.1) is 23.1 Å². The zero-order valence-corrected chi connectivity index (χ0v) is 15.4. The Labute approximate surface area is 155 Å². The van der Waals surface area contributed by atoms with Gasteiger partial charge in [0.1, 0.15) is 0 Å². The van der Waals surface area contributed by atoms with Crippen molar-refractivity contribution < 1.29 is 14.3 Å². The quantitative estimate of drug-likeness (QED) is 0.590. The molecule has 1 fully saturated rings. The van der Waals surface area contributed by atoms with Crippen molar-refractivity contribution in [2.45, 2.75) is 42.4 Å². The highest BCUT2D eigenvalue weighted by Crippen LogP contribution is 2.26. The Morgan fingerprint density at radius 1 is 1.28 bits per heavy atom. The number of amides is 1. The molecule has 1 N–H and O–H groups in total. The third kappa shape index (κ3) is 5.31. The fraction of sp³-hybridized carbons (Fsp3) is 0.389. The molecule has 1 aliphatic carbocycles. The van der Waals surface area contributed by atoms with Crippen molar-refractivity contribution in [2.24, 2.45) is 0 Å². The molecule has 1 aliphatic rings. The smallest absolute Gasteiger partial charge is 0.339 e. The summed E-state index contributed by atoms with van der Waals surface area (Å²) in [6.07, 6.45) is 4.31. The van der Waals surface area contributed by atoms with Crippen molar-refractivity contribution in [3.63, 3.8) is 0 Å². The number of ether oxygens (including phenoxy) is 1. The maximum absolute atomic E-state index is 12.3. The molecule has 2 aromatic rings. The van der Waals surface area contributed by atoms with Gasteiger partial charge in [0.2, 0.25) is 0 Å². The molecule has 1 heterocycles. The van der Waals surface area contributed by atoms with Crippen LogP contribution in [0.4, 0.5) is 0 Å². The molecule has 0 aliphatic heterocycles. The van der Waals surface area contributed by atoms with Crippen molar-refractivity contribution in [2.75, 3.05) is 6.61 Å². The van der Waals surface area contributed by atoms with Crippen LogP contribution in [-0.4, -0.2) is 29.5 Å².